The number of thiophene rings is 1. The van der Waals surface area contributed by atoms with Crippen LogP contribution in [-0.2, 0) is 0 Å². The van der Waals surface area contributed by atoms with Gasteiger partial charge in [0.15, 0.2) is 17.5 Å². The summed E-state index contributed by atoms with van der Waals surface area (Å²) < 4.78 is 4.98. The summed E-state index contributed by atoms with van der Waals surface area (Å²) in [6.07, 6.45) is 0. The Morgan fingerprint density at radius 3 is 1.71 bits per heavy atom. The lowest BCUT2D eigenvalue weighted by molar-refractivity contribution is 1.07. The Hall–Kier alpha value is -6.17. The van der Waals surface area contributed by atoms with Gasteiger partial charge < -0.3 is 4.40 Å². The molecule has 4 aromatic heterocycles. The highest BCUT2D eigenvalue weighted by Crippen LogP contribution is 2.43. The molecule has 0 saturated heterocycles. The van der Waals surface area contributed by atoms with E-state index in [0.717, 1.165) is 16.7 Å². The predicted octanol–water partition coefficient (Wildman–Crippen LogP) is 11.5. The lowest BCUT2D eigenvalue weighted by Gasteiger charge is -2.08. The van der Waals surface area contributed by atoms with Crippen molar-refractivity contribution < 1.29 is 0 Å². The molecule has 0 N–H and O–H groups in total. The van der Waals surface area contributed by atoms with Crippen LogP contribution in [-0.4, -0.2) is 19.4 Å². The molecule has 48 heavy (non-hydrogen) atoms. The van der Waals surface area contributed by atoms with E-state index >= 15 is 0 Å². The number of fused-ring (bicyclic) bond motifs is 10. The summed E-state index contributed by atoms with van der Waals surface area (Å²) in [7, 11) is 0. The zero-order chi connectivity index (χ0) is 31.3. The third-order valence-corrected chi connectivity index (χ3v) is 10.9. The molecule has 0 radical (unpaired) electrons. The van der Waals surface area contributed by atoms with Crippen molar-refractivity contribution >= 4 is 80.4 Å². The summed E-state index contributed by atoms with van der Waals surface area (Å²) >= 11 is 1.84. The summed E-state index contributed by atoms with van der Waals surface area (Å²) in [5.41, 5.74) is 6.74. The van der Waals surface area contributed by atoms with Gasteiger partial charge in [-0.2, -0.15) is 0 Å². The highest BCUT2D eigenvalue weighted by Gasteiger charge is 2.19. The normalized spacial score (nSPS) is 12.2. The molecule has 11 rings (SSSR count). The van der Waals surface area contributed by atoms with Crippen molar-refractivity contribution in [2.24, 2.45) is 0 Å². The van der Waals surface area contributed by atoms with Crippen LogP contribution in [0.3, 0.4) is 0 Å². The highest BCUT2D eigenvalue weighted by molar-refractivity contribution is 7.25. The van der Waals surface area contributed by atoms with Crippen molar-refractivity contribution in [1.29, 1.82) is 0 Å². The van der Waals surface area contributed by atoms with E-state index in [9.17, 15) is 0 Å². The largest absolute Gasteiger partial charge is 0.308 e. The average Bonchev–Trinajstić information content (AvgIpc) is 3.79. The molecule has 0 aliphatic carbocycles. The molecule has 11 aromatic rings. The fourth-order valence-electron chi connectivity index (χ4n) is 7.52. The second-order valence-corrected chi connectivity index (χ2v) is 13.6. The Bertz CT molecular complexity index is 2990. The van der Waals surface area contributed by atoms with Crippen LogP contribution in [0.4, 0.5) is 0 Å². The first-order valence-corrected chi connectivity index (χ1v) is 16.9. The van der Waals surface area contributed by atoms with E-state index in [4.69, 9.17) is 15.0 Å². The molecule has 4 heterocycles. The van der Waals surface area contributed by atoms with Crippen molar-refractivity contribution in [1.82, 2.24) is 19.4 Å². The van der Waals surface area contributed by atoms with Crippen molar-refractivity contribution in [2.75, 3.05) is 0 Å². The van der Waals surface area contributed by atoms with Gasteiger partial charge in [0, 0.05) is 58.4 Å². The molecule has 222 valence electrons. The Kier molecular flexibility index (Phi) is 5.23. The van der Waals surface area contributed by atoms with Crippen LogP contribution in [0.25, 0.3) is 103 Å². The van der Waals surface area contributed by atoms with E-state index in [-0.39, 0.29) is 0 Å². The van der Waals surface area contributed by atoms with Gasteiger partial charge in [0.1, 0.15) is 0 Å². The maximum absolute atomic E-state index is 4.99. The molecule has 0 unspecified atom stereocenters. The Balaban J connectivity index is 1.13. The summed E-state index contributed by atoms with van der Waals surface area (Å²) in [6.45, 7) is 0. The fourth-order valence-corrected chi connectivity index (χ4v) is 8.64. The average molecular weight is 629 g/mol. The van der Waals surface area contributed by atoms with Gasteiger partial charge in [-0.05, 0) is 59.3 Å². The molecule has 7 aromatic carbocycles. The molecule has 0 saturated carbocycles. The molecule has 0 aliphatic rings. The minimum Gasteiger partial charge on any atom is -0.308 e. The SMILES string of the molecule is c1ccc(-c2nc(-c3ccccc3)nc(-c3ccc4sc5cc6cc7c(cc6cc5c4c3)c3cccc4c5ccccc5n7c43)n2)cc1. The molecule has 4 nitrogen and oxygen atoms in total. The molecule has 0 spiro atoms. The summed E-state index contributed by atoms with van der Waals surface area (Å²) in [6, 6.07) is 51.9. The fraction of sp³-hybridized carbons (Fsp3) is 0. The second-order valence-electron chi connectivity index (χ2n) is 12.5. The number of nitrogens with zero attached hydrogens (tertiary/aromatic N) is 4. The molecule has 0 fully saturated rings. The Labute approximate surface area is 278 Å². The maximum Gasteiger partial charge on any atom is 0.164 e. The minimum absolute atomic E-state index is 0.669. The molecular weight excluding hydrogens is 605 g/mol. The van der Waals surface area contributed by atoms with E-state index in [1.165, 1.54) is 69.0 Å². The van der Waals surface area contributed by atoms with Crippen LogP contribution in [0.5, 0.6) is 0 Å². The number of hydrogen-bond acceptors (Lipinski definition) is 4. The van der Waals surface area contributed by atoms with Crippen LogP contribution >= 0.6 is 11.3 Å². The third kappa shape index (κ3) is 3.68. The summed E-state index contributed by atoms with van der Waals surface area (Å²) in [5.74, 6) is 2.01. The Morgan fingerprint density at radius 2 is 0.958 bits per heavy atom. The van der Waals surface area contributed by atoms with E-state index < -0.39 is 0 Å². The first-order chi connectivity index (χ1) is 23.8. The van der Waals surface area contributed by atoms with E-state index in [0.29, 0.717) is 17.5 Å². The monoisotopic (exact) mass is 628 g/mol. The first-order valence-electron chi connectivity index (χ1n) is 16.1. The van der Waals surface area contributed by atoms with E-state index in [1.807, 2.05) is 72.0 Å². The van der Waals surface area contributed by atoms with Crippen molar-refractivity contribution in [3.8, 4) is 34.2 Å². The molecule has 0 aliphatic heterocycles. The molecular formula is C43H24N4S. The zero-order valence-corrected chi connectivity index (χ0v) is 26.4. The standard InChI is InChI=1S/C43H24N4S/c1-3-10-25(11-4-1)41-44-42(26-12-5-2-6-13-26)46-43(45-41)27-18-19-38-34(20-27)35-22-28-21-33-32-16-9-15-31-30-14-7-8-17-36(30)47(40(31)32)37(33)23-29(28)24-39(35)48-38/h1-24H. The number of rotatable bonds is 3. The van der Waals surface area contributed by atoms with Crippen molar-refractivity contribution in [3.63, 3.8) is 0 Å². The van der Waals surface area contributed by atoms with E-state index in [1.54, 1.807) is 0 Å². The van der Waals surface area contributed by atoms with Gasteiger partial charge in [0.2, 0.25) is 0 Å². The molecule has 0 atom stereocenters. The number of aromatic nitrogens is 4. The maximum atomic E-state index is 4.99. The van der Waals surface area contributed by atoms with Crippen LogP contribution in [0, 0.1) is 0 Å². The topological polar surface area (TPSA) is 43.1 Å². The number of benzene rings is 7. The lowest BCUT2D eigenvalue weighted by Crippen LogP contribution is -2.00. The van der Waals surface area contributed by atoms with E-state index in [2.05, 4.69) is 89.3 Å². The van der Waals surface area contributed by atoms with Crippen molar-refractivity contribution in [2.45, 2.75) is 0 Å². The molecule has 0 amide bonds. The van der Waals surface area contributed by atoms with Gasteiger partial charge in [-0.1, -0.05) is 97.1 Å². The van der Waals surface area contributed by atoms with Crippen LogP contribution in [0.2, 0.25) is 0 Å². The van der Waals surface area contributed by atoms with Gasteiger partial charge in [-0.3, -0.25) is 0 Å². The molecule has 5 heteroatoms. The van der Waals surface area contributed by atoms with Gasteiger partial charge >= 0.3 is 0 Å². The van der Waals surface area contributed by atoms with Gasteiger partial charge in [-0.15, -0.1) is 11.3 Å². The van der Waals surface area contributed by atoms with Crippen LogP contribution < -0.4 is 0 Å². The quantitative estimate of drug-likeness (QED) is 0.195. The lowest BCUT2D eigenvalue weighted by atomic mass is 10.0. The smallest absolute Gasteiger partial charge is 0.164 e. The second kappa shape index (κ2) is 9.67. The minimum atomic E-state index is 0.669. The highest BCUT2D eigenvalue weighted by atomic mass is 32.1. The van der Waals surface area contributed by atoms with Crippen LogP contribution in [0.1, 0.15) is 0 Å². The number of hydrogen-bond donors (Lipinski definition) is 0. The number of para-hydroxylation sites is 2. The van der Waals surface area contributed by atoms with Crippen LogP contribution in [0.15, 0.2) is 146 Å². The summed E-state index contributed by atoms with van der Waals surface area (Å²) in [5, 5.41) is 10.2. The predicted molar refractivity (Wildman–Crippen MR) is 201 cm³/mol. The van der Waals surface area contributed by atoms with Crippen molar-refractivity contribution in [3.05, 3.63) is 146 Å². The van der Waals surface area contributed by atoms with Gasteiger partial charge in [0.25, 0.3) is 0 Å². The molecule has 0 bridgehead atoms. The third-order valence-electron chi connectivity index (χ3n) is 9.73. The van der Waals surface area contributed by atoms with Gasteiger partial charge in [-0.25, -0.2) is 15.0 Å². The Morgan fingerprint density at radius 1 is 0.375 bits per heavy atom. The van der Waals surface area contributed by atoms with Gasteiger partial charge in [0.05, 0.1) is 16.6 Å². The first kappa shape index (κ1) is 26.0. The zero-order valence-electron chi connectivity index (χ0n) is 25.6. The summed E-state index contributed by atoms with van der Waals surface area (Å²) in [4.78, 5) is 14.9.